The average molecular weight is 1250 g/mol. The standard InChI is InChI=1S/C44H85N3O33P2/c48-32(1-7-78-81(60,61)62)36(52)39(55)43(59)76-27-25-74-23-21-72-17-13-68-9-4-46-41(57)31(29-34(49)45-3-8-67-12-16-71-20-19-70-15-11-66-6-2-35(50)51)42(58)47-5-10-69-14-18-73-22-24-75-26-28-77-44-40(56)38(54)37(53)33(80-44)30-79-82(63,64)65/h31-33,36-40,43-44,48,52-56,59H,1-30H2,(H,45,49)(H,46,57)(H,47,58)(H,50,51)(H2,60,61,62)(H2,63,64,65). The van der Waals surface area contributed by atoms with Crippen molar-refractivity contribution < 1.29 is 159 Å². The fourth-order valence-corrected chi connectivity index (χ4v) is 7.02. The molecule has 1 aliphatic heterocycles. The predicted octanol–water partition coefficient (Wildman–Crippen LogP) is -7.17. The van der Waals surface area contributed by atoms with E-state index in [0.717, 1.165) is 0 Å². The Morgan fingerprint density at radius 1 is 0.476 bits per heavy atom. The summed E-state index contributed by atoms with van der Waals surface area (Å²) in [6.07, 6.45) is -16.6. The number of ether oxygens (including phenoxy) is 13. The number of carboxylic acids is 1. The molecule has 1 saturated heterocycles. The second-order valence-corrected chi connectivity index (χ2v) is 19.5. The van der Waals surface area contributed by atoms with Crippen molar-refractivity contribution in [3.8, 4) is 0 Å². The molecule has 0 aliphatic carbocycles. The lowest BCUT2D eigenvalue weighted by molar-refractivity contribution is -0.301. The molecule has 484 valence electrons. The van der Waals surface area contributed by atoms with Crippen molar-refractivity contribution in [2.45, 2.75) is 74.6 Å². The molecule has 0 aromatic rings. The summed E-state index contributed by atoms with van der Waals surface area (Å²) in [5.74, 6) is -4.50. The van der Waals surface area contributed by atoms with Gasteiger partial charge in [-0.3, -0.25) is 28.2 Å². The van der Waals surface area contributed by atoms with Crippen molar-refractivity contribution in [3.05, 3.63) is 0 Å². The Morgan fingerprint density at radius 2 is 0.878 bits per heavy atom. The number of nitrogens with one attached hydrogen (secondary N) is 3. The summed E-state index contributed by atoms with van der Waals surface area (Å²) in [5, 5.41) is 86.2. The molecular formula is C44H85N3O33P2. The number of carboxylic acid groups (broad SMARTS) is 1. The maximum absolute atomic E-state index is 13.2. The molecule has 82 heavy (non-hydrogen) atoms. The molecule has 15 N–H and O–H groups in total. The minimum atomic E-state index is -4.90. The van der Waals surface area contributed by atoms with Crippen LogP contribution in [0.2, 0.25) is 0 Å². The minimum Gasteiger partial charge on any atom is -0.481 e. The van der Waals surface area contributed by atoms with Gasteiger partial charge in [0.2, 0.25) is 17.7 Å². The second-order valence-electron chi connectivity index (χ2n) is 17.1. The van der Waals surface area contributed by atoms with Gasteiger partial charge in [-0.25, -0.2) is 9.13 Å². The number of aliphatic hydroxyl groups excluding tert-OH is 7. The van der Waals surface area contributed by atoms with Gasteiger partial charge in [-0.1, -0.05) is 0 Å². The first-order valence-corrected chi connectivity index (χ1v) is 29.0. The number of hydrogen-bond donors (Lipinski definition) is 15. The average Bonchev–Trinajstić information content (AvgIpc) is 3.52. The Labute approximate surface area is 472 Å². The summed E-state index contributed by atoms with van der Waals surface area (Å²) in [6.45, 7) is 0.894. The van der Waals surface area contributed by atoms with Crippen LogP contribution in [0.1, 0.15) is 19.3 Å². The fraction of sp³-hybridized carbons (Fsp3) is 0.909. The molecule has 1 rings (SSSR count). The lowest BCUT2D eigenvalue weighted by Crippen LogP contribution is -2.59. The first-order chi connectivity index (χ1) is 39.0. The number of aliphatic hydroxyl groups is 7. The third kappa shape index (κ3) is 41.4. The molecule has 0 bridgehead atoms. The maximum atomic E-state index is 13.2. The second kappa shape index (κ2) is 47.4. The van der Waals surface area contributed by atoms with Gasteiger partial charge < -0.3 is 138 Å². The Kier molecular flexibility index (Phi) is 44.7. The number of phosphoric ester groups is 2. The van der Waals surface area contributed by atoms with Gasteiger partial charge in [-0.05, 0) is 6.42 Å². The van der Waals surface area contributed by atoms with Gasteiger partial charge in [0.15, 0.2) is 12.6 Å². The highest BCUT2D eigenvalue weighted by Gasteiger charge is 2.45. The van der Waals surface area contributed by atoms with Gasteiger partial charge in [0, 0.05) is 26.1 Å². The Balaban J connectivity index is 2.38. The topological polar surface area (TPSA) is 520 Å². The van der Waals surface area contributed by atoms with Crippen LogP contribution in [0.5, 0.6) is 0 Å². The van der Waals surface area contributed by atoms with Crippen LogP contribution in [-0.4, -0.2) is 318 Å². The molecule has 36 nitrogen and oxygen atoms in total. The molecule has 1 fully saturated rings. The number of hydrogen-bond acceptors (Lipinski definition) is 28. The third-order valence-electron chi connectivity index (χ3n) is 10.6. The van der Waals surface area contributed by atoms with Crippen LogP contribution in [0.25, 0.3) is 0 Å². The zero-order valence-corrected chi connectivity index (χ0v) is 47.1. The summed E-state index contributed by atoms with van der Waals surface area (Å²) in [5.41, 5.74) is 0. The van der Waals surface area contributed by atoms with Crippen molar-refractivity contribution >= 4 is 39.3 Å². The van der Waals surface area contributed by atoms with Crippen LogP contribution in [0.3, 0.4) is 0 Å². The van der Waals surface area contributed by atoms with Crippen LogP contribution in [-0.2, 0) is 98.9 Å². The minimum absolute atomic E-state index is 0.00870. The van der Waals surface area contributed by atoms with E-state index in [4.69, 9.17) is 86.3 Å². The molecule has 1 aliphatic rings. The smallest absolute Gasteiger partial charge is 0.469 e. The number of carbonyl (C=O) groups is 4. The molecule has 10 unspecified atom stereocenters. The molecule has 0 saturated carbocycles. The van der Waals surface area contributed by atoms with Gasteiger partial charge >= 0.3 is 21.6 Å². The van der Waals surface area contributed by atoms with E-state index in [1.54, 1.807) is 0 Å². The van der Waals surface area contributed by atoms with E-state index in [-0.39, 0.29) is 171 Å². The first kappa shape index (κ1) is 77.3. The maximum Gasteiger partial charge on any atom is 0.469 e. The van der Waals surface area contributed by atoms with Crippen LogP contribution in [0, 0.1) is 5.92 Å². The molecular weight excluding hydrogens is 1160 g/mol. The van der Waals surface area contributed by atoms with Gasteiger partial charge in [-0.2, -0.15) is 0 Å². The number of phosphoric acid groups is 2. The molecule has 0 aromatic carbocycles. The number of aliphatic carboxylic acids is 1. The normalized spacial score (nSPS) is 19.5. The van der Waals surface area contributed by atoms with Gasteiger partial charge in [0.1, 0.15) is 42.5 Å². The van der Waals surface area contributed by atoms with Crippen molar-refractivity contribution in [2.75, 3.05) is 178 Å². The van der Waals surface area contributed by atoms with Gasteiger partial charge in [-0.15, -0.1) is 0 Å². The zero-order valence-electron chi connectivity index (χ0n) is 45.3. The molecule has 38 heteroatoms. The quantitative estimate of drug-likeness (QED) is 0.0116. The molecule has 0 aromatic heterocycles. The van der Waals surface area contributed by atoms with E-state index in [9.17, 15) is 64.1 Å². The highest BCUT2D eigenvalue weighted by atomic mass is 31.2. The first-order valence-electron chi connectivity index (χ1n) is 25.9. The molecule has 1 heterocycles. The van der Waals surface area contributed by atoms with Crippen molar-refractivity contribution in [1.29, 1.82) is 0 Å². The van der Waals surface area contributed by atoms with E-state index < -0.39 is 127 Å². The van der Waals surface area contributed by atoms with Crippen molar-refractivity contribution in [1.82, 2.24) is 16.0 Å². The van der Waals surface area contributed by atoms with E-state index in [2.05, 4.69) is 25.0 Å². The Bertz CT molecular complexity index is 1760. The highest BCUT2D eigenvalue weighted by molar-refractivity contribution is 7.46. The Hall–Kier alpha value is -2.70. The SMILES string of the molecule is O=C(O)CCOCCOCCOCCOCCNC(=O)CC(C(=O)NCCOCCOCCOCCOC(O)C(O)C(O)C(O)CCOP(=O)(O)O)C(=O)NCCOCCOCCOCCOC1OC(COP(=O)(O)O)C(O)C(O)C1O. The van der Waals surface area contributed by atoms with Gasteiger partial charge in [0.25, 0.3) is 0 Å². The van der Waals surface area contributed by atoms with Gasteiger partial charge in [0.05, 0.1) is 171 Å². The lowest BCUT2D eigenvalue weighted by Gasteiger charge is -2.40. The third-order valence-corrected chi connectivity index (χ3v) is 11.6. The number of rotatable bonds is 55. The van der Waals surface area contributed by atoms with E-state index >= 15 is 0 Å². The molecule has 10 atom stereocenters. The van der Waals surface area contributed by atoms with E-state index in [1.807, 2.05) is 0 Å². The molecule has 0 radical (unpaired) electrons. The largest absolute Gasteiger partial charge is 0.481 e. The van der Waals surface area contributed by atoms with E-state index in [0.29, 0.717) is 0 Å². The molecule has 0 spiro atoms. The monoisotopic (exact) mass is 1250 g/mol. The predicted molar refractivity (Wildman–Crippen MR) is 271 cm³/mol. The summed E-state index contributed by atoms with van der Waals surface area (Å²) in [7, 11) is -9.70. The van der Waals surface area contributed by atoms with Crippen molar-refractivity contribution in [3.63, 3.8) is 0 Å². The summed E-state index contributed by atoms with van der Waals surface area (Å²) >= 11 is 0. The van der Waals surface area contributed by atoms with Crippen LogP contribution in [0.15, 0.2) is 0 Å². The number of carbonyl (C=O) groups excluding carboxylic acids is 3. The molecule has 3 amide bonds. The summed E-state index contributed by atoms with van der Waals surface area (Å²) in [4.78, 5) is 84.8. The number of amides is 3. The van der Waals surface area contributed by atoms with Crippen LogP contribution < -0.4 is 16.0 Å². The fourth-order valence-electron chi connectivity index (χ4n) is 6.34. The highest BCUT2D eigenvalue weighted by Crippen LogP contribution is 2.37. The van der Waals surface area contributed by atoms with Crippen LogP contribution >= 0.6 is 15.6 Å². The van der Waals surface area contributed by atoms with Crippen molar-refractivity contribution in [2.24, 2.45) is 5.92 Å². The summed E-state index contributed by atoms with van der Waals surface area (Å²) in [6, 6.07) is 0. The lowest BCUT2D eigenvalue weighted by atomic mass is 9.99. The van der Waals surface area contributed by atoms with Crippen LogP contribution in [0.4, 0.5) is 0 Å². The van der Waals surface area contributed by atoms with E-state index in [1.165, 1.54) is 0 Å². The Morgan fingerprint density at radius 3 is 1.32 bits per heavy atom. The summed E-state index contributed by atoms with van der Waals surface area (Å²) < 4.78 is 99.5. The zero-order chi connectivity index (χ0) is 61.0.